The van der Waals surface area contributed by atoms with Crippen molar-refractivity contribution in [2.75, 3.05) is 13.1 Å². The maximum absolute atomic E-state index is 4.65. The molecular formula is C20H26N8. The molecule has 0 N–H and O–H groups in total. The Kier molecular flexibility index (Phi) is 4.64. The molecule has 8 nitrogen and oxygen atoms in total. The normalized spacial score (nSPS) is 18.6. The zero-order chi connectivity index (χ0) is 18.9. The molecule has 2 fully saturated rings. The molecule has 1 aliphatic carbocycles. The van der Waals surface area contributed by atoms with Crippen molar-refractivity contribution in [3.05, 3.63) is 53.9 Å². The summed E-state index contributed by atoms with van der Waals surface area (Å²) in [5.41, 5.74) is 2.25. The molecule has 146 valence electrons. The van der Waals surface area contributed by atoms with Crippen molar-refractivity contribution in [3.63, 3.8) is 0 Å². The molecule has 0 amide bonds. The molecule has 0 radical (unpaired) electrons. The van der Waals surface area contributed by atoms with Gasteiger partial charge >= 0.3 is 0 Å². The van der Waals surface area contributed by atoms with Crippen LogP contribution < -0.4 is 0 Å². The largest absolute Gasteiger partial charge is 0.310 e. The molecule has 1 saturated carbocycles. The predicted molar refractivity (Wildman–Crippen MR) is 104 cm³/mol. The first-order valence-electron chi connectivity index (χ1n) is 10.2. The van der Waals surface area contributed by atoms with Crippen LogP contribution in [-0.2, 0) is 13.1 Å². The second-order valence-corrected chi connectivity index (χ2v) is 7.99. The van der Waals surface area contributed by atoms with Crippen molar-refractivity contribution < 1.29 is 0 Å². The maximum Gasteiger partial charge on any atom is 0.155 e. The van der Waals surface area contributed by atoms with Crippen molar-refractivity contribution in [2.45, 2.75) is 57.7 Å². The maximum atomic E-state index is 4.65. The van der Waals surface area contributed by atoms with Gasteiger partial charge < -0.3 is 4.57 Å². The van der Waals surface area contributed by atoms with E-state index in [1.165, 1.54) is 18.7 Å². The Balaban J connectivity index is 1.27. The van der Waals surface area contributed by atoms with Crippen molar-refractivity contribution in [1.29, 1.82) is 0 Å². The standard InChI is InChI=1S/C20H26N8/c1-15-3-2-4-17(23-15)11-26-9-7-16(8-10-26)20-25-24-19(28(20)18-5-6-18)12-27-14-21-13-22-27/h2-4,13-14,16,18H,5-12H2,1H3. The number of nitrogens with zero attached hydrogens (tertiary/aromatic N) is 8. The first-order chi connectivity index (χ1) is 13.8. The third-order valence-corrected chi connectivity index (χ3v) is 5.76. The number of piperidine rings is 1. The van der Waals surface area contributed by atoms with E-state index in [2.05, 4.69) is 59.9 Å². The number of aryl methyl sites for hydroxylation is 1. The highest BCUT2D eigenvalue weighted by Crippen LogP contribution is 2.40. The number of rotatable bonds is 6. The van der Waals surface area contributed by atoms with E-state index in [1.54, 1.807) is 12.7 Å². The van der Waals surface area contributed by atoms with Gasteiger partial charge in [0.05, 0.1) is 5.69 Å². The van der Waals surface area contributed by atoms with E-state index >= 15 is 0 Å². The van der Waals surface area contributed by atoms with Crippen molar-refractivity contribution >= 4 is 0 Å². The molecule has 2 aliphatic rings. The SMILES string of the molecule is Cc1cccc(CN2CCC(c3nnc(Cn4cncn4)n3C3CC3)CC2)n1. The second-order valence-electron chi connectivity index (χ2n) is 7.99. The summed E-state index contributed by atoms with van der Waals surface area (Å²) in [5, 5.41) is 13.4. The summed E-state index contributed by atoms with van der Waals surface area (Å²) in [6, 6.07) is 6.84. The van der Waals surface area contributed by atoms with Gasteiger partial charge in [0, 0.05) is 24.2 Å². The molecule has 28 heavy (non-hydrogen) atoms. The summed E-state index contributed by atoms with van der Waals surface area (Å²) in [7, 11) is 0. The van der Waals surface area contributed by atoms with E-state index in [1.807, 2.05) is 4.68 Å². The van der Waals surface area contributed by atoms with Crippen LogP contribution in [0.25, 0.3) is 0 Å². The number of pyridine rings is 1. The lowest BCUT2D eigenvalue weighted by Crippen LogP contribution is -2.33. The molecule has 0 unspecified atom stereocenters. The van der Waals surface area contributed by atoms with Gasteiger partial charge in [0.15, 0.2) is 5.82 Å². The Labute approximate surface area is 164 Å². The average Bonchev–Trinajstić information content (AvgIpc) is 3.24. The Morgan fingerprint density at radius 1 is 1.04 bits per heavy atom. The molecule has 0 spiro atoms. The number of hydrogen-bond acceptors (Lipinski definition) is 6. The lowest BCUT2D eigenvalue weighted by Gasteiger charge is -2.31. The summed E-state index contributed by atoms with van der Waals surface area (Å²) in [6.45, 7) is 5.78. The Morgan fingerprint density at radius 2 is 1.89 bits per heavy atom. The summed E-state index contributed by atoms with van der Waals surface area (Å²) in [5.74, 6) is 2.67. The Hall–Kier alpha value is -2.61. The van der Waals surface area contributed by atoms with Crippen LogP contribution in [0.4, 0.5) is 0 Å². The quantitative estimate of drug-likeness (QED) is 0.655. The van der Waals surface area contributed by atoms with E-state index in [0.29, 0.717) is 18.5 Å². The van der Waals surface area contributed by atoms with Gasteiger partial charge in [0.2, 0.25) is 0 Å². The number of aromatic nitrogens is 7. The Bertz CT molecular complexity index is 920. The van der Waals surface area contributed by atoms with Crippen LogP contribution >= 0.6 is 0 Å². The predicted octanol–water partition coefficient (Wildman–Crippen LogP) is 2.34. The highest BCUT2D eigenvalue weighted by Gasteiger charge is 2.33. The minimum absolute atomic E-state index is 0.485. The molecule has 8 heteroatoms. The monoisotopic (exact) mass is 378 g/mol. The van der Waals surface area contributed by atoms with Gasteiger partial charge in [-0.3, -0.25) is 9.88 Å². The molecule has 3 aromatic heterocycles. The fourth-order valence-electron chi connectivity index (χ4n) is 4.18. The van der Waals surface area contributed by atoms with E-state index in [-0.39, 0.29) is 0 Å². The smallest absolute Gasteiger partial charge is 0.155 e. The van der Waals surface area contributed by atoms with Crippen LogP contribution in [0, 0.1) is 6.92 Å². The molecular weight excluding hydrogens is 352 g/mol. The van der Waals surface area contributed by atoms with Gasteiger partial charge in [0.1, 0.15) is 25.0 Å². The van der Waals surface area contributed by atoms with E-state index < -0.39 is 0 Å². The number of likely N-dealkylation sites (tertiary alicyclic amines) is 1. The molecule has 1 aliphatic heterocycles. The zero-order valence-corrected chi connectivity index (χ0v) is 16.3. The highest BCUT2D eigenvalue weighted by atomic mass is 15.4. The van der Waals surface area contributed by atoms with Crippen LogP contribution in [0.1, 0.15) is 60.7 Å². The molecule has 0 aromatic carbocycles. The van der Waals surface area contributed by atoms with Gasteiger partial charge in [-0.25, -0.2) is 9.67 Å². The van der Waals surface area contributed by atoms with Crippen LogP contribution in [0.15, 0.2) is 30.9 Å². The molecule has 4 heterocycles. The third-order valence-electron chi connectivity index (χ3n) is 5.76. The topological polar surface area (TPSA) is 77.5 Å². The van der Waals surface area contributed by atoms with E-state index in [9.17, 15) is 0 Å². The lowest BCUT2D eigenvalue weighted by molar-refractivity contribution is 0.197. The van der Waals surface area contributed by atoms with E-state index in [0.717, 1.165) is 49.7 Å². The van der Waals surface area contributed by atoms with Gasteiger partial charge in [-0.05, 0) is 57.8 Å². The summed E-state index contributed by atoms with van der Waals surface area (Å²) < 4.78 is 4.22. The van der Waals surface area contributed by atoms with Crippen molar-refractivity contribution in [1.82, 2.24) is 39.4 Å². The van der Waals surface area contributed by atoms with Crippen LogP contribution in [0.2, 0.25) is 0 Å². The van der Waals surface area contributed by atoms with Gasteiger partial charge in [-0.2, -0.15) is 5.10 Å². The third kappa shape index (κ3) is 3.69. The first kappa shape index (κ1) is 17.5. The van der Waals surface area contributed by atoms with E-state index in [4.69, 9.17) is 0 Å². The fraction of sp³-hybridized carbons (Fsp3) is 0.550. The van der Waals surface area contributed by atoms with Gasteiger partial charge in [-0.1, -0.05) is 6.07 Å². The minimum atomic E-state index is 0.485. The number of hydrogen-bond donors (Lipinski definition) is 0. The second kappa shape index (κ2) is 7.43. The average molecular weight is 378 g/mol. The molecule has 0 atom stereocenters. The molecule has 1 saturated heterocycles. The highest BCUT2D eigenvalue weighted by molar-refractivity contribution is 5.11. The lowest BCUT2D eigenvalue weighted by atomic mass is 9.95. The van der Waals surface area contributed by atoms with Crippen LogP contribution in [0.5, 0.6) is 0 Å². The Morgan fingerprint density at radius 3 is 2.61 bits per heavy atom. The summed E-state index contributed by atoms with van der Waals surface area (Å²) in [4.78, 5) is 11.2. The summed E-state index contributed by atoms with van der Waals surface area (Å²) in [6.07, 6.45) is 8.02. The van der Waals surface area contributed by atoms with Gasteiger partial charge in [0.25, 0.3) is 0 Å². The zero-order valence-electron chi connectivity index (χ0n) is 16.3. The van der Waals surface area contributed by atoms with Crippen molar-refractivity contribution in [3.8, 4) is 0 Å². The van der Waals surface area contributed by atoms with Gasteiger partial charge in [-0.15, -0.1) is 10.2 Å². The first-order valence-corrected chi connectivity index (χ1v) is 10.2. The molecule has 5 rings (SSSR count). The van der Waals surface area contributed by atoms with Crippen molar-refractivity contribution in [2.24, 2.45) is 0 Å². The molecule has 0 bridgehead atoms. The fourth-order valence-corrected chi connectivity index (χ4v) is 4.18. The molecule has 3 aromatic rings. The van der Waals surface area contributed by atoms with Crippen LogP contribution in [0.3, 0.4) is 0 Å². The summed E-state index contributed by atoms with van der Waals surface area (Å²) >= 11 is 0. The van der Waals surface area contributed by atoms with Crippen LogP contribution in [-0.4, -0.2) is 52.5 Å². The minimum Gasteiger partial charge on any atom is -0.310 e.